The molecule has 3 fully saturated rings. The molecule has 1 spiro atoms. The van der Waals surface area contributed by atoms with Crippen molar-refractivity contribution in [1.29, 1.82) is 0 Å². The van der Waals surface area contributed by atoms with E-state index in [4.69, 9.17) is 4.74 Å². The predicted molar refractivity (Wildman–Crippen MR) is 114 cm³/mol. The Morgan fingerprint density at radius 2 is 1.79 bits per heavy atom. The Kier molecular flexibility index (Phi) is 5.18. The third-order valence-electron chi connectivity index (χ3n) is 7.34. The number of aliphatic hydroxyl groups excluding tert-OH is 1. The van der Waals surface area contributed by atoms with Crippen molar-refractivity contribution in [1.82, 2.24) is 15.1 Å². The van der Waals surface area contributed by atoms with Crippen LogP contribution < -0.4 is 4.90 Å². The summed E-state index contributed by atoms with van der Waals surface area (Å²) in [6, 6.07) is 9.02. The van der Waals surface area contributed by atoms with Crippen molar-refractivity contribution in [2.45, 2.75) is 51.2 Å². The highest BCUT2D eigenvalue weighted by Gasteiger charge is 2.43. The lowest BCUT2D eigenvalue weighted by Gasteiger charge is -2.51. The molecule has 2 aromatic rings. The SMILES string of the molecule is Cc1nnc(N2CCC3(CC2)CC(O)CN(C2CCOCC2)C3)c2ccccc12. The monoisotopic (exact) mass is 396 g/mol. The van der Waals surface area contributed by atoms with E-state index in [0.29, 0.717) is 6.04 Å². The molecule has 3 aliphatic heterocycles. The van der Waals surface area contributed by atoms with Gasteiger partial charge in [-0.1, -0.05) is 24.3 Å². The van der Waals surface area contributed by atoms with Gasteiger partial charge in [0.2, 0.25) is 0 Å². The topological polar surface area (TPSA) is 61.7 Å². The molecule has 156 valence electrons. The lowest BCUT2D eigenvalue weighted by molar-refractivity contribution is -0.0602. The molecule has 0 radical (unpaired) electrons. The minimum Gasteiger partial charge on any atom is -0.392 e. The van der Waals surface area contributed by atoms with Gasteiger partial charge in [-0.3, -0.25) is 4.90 Å². The van der Waals surface area contributed by atoms with Gasteiger partial charge in [0.1, 0.15) is 0 Å². The minimum absolute atomic E-state index is 0.210. The molecule has 6 nitrogen and oxygen atoms in total. The first-order chi connectivity index (χ1) is 14.1. The number of anilines is 1. The summed E-state index contributed by atoms with van der Waals surface area (Å²) in [5, 5.41) is 22.1. The smallest absolute Gasteiger partial charge is 0.159 e. The number of rotatable bonds is 2. The zero-order valence-corrected chi connectivity index (χ0v) is 17.4. The van der Waals surface area contributed by atoms with Crippen LogP contribution in [-0.2, 0) is 4.74 Å². The number of piperidine rings is 2. The first-order valence-corrected chi connectivity index (χ1v) is 11.1. The van der Waals surface area contributed by atoms with Crippen LogP contribution in [-0.4, -0.2) is 71.7 Å². The molecule has 1 aromatic carbocycles. The Balaban J connectivity index is 1.32. The molecule has 1 unspecified atom stereocenters. The molecule has 6 heteroatoms. The Bertz CT molecular complexity index is 859. The van der Waals surface area contributed by atoms with Crippen molar-refractivity contribution in [3.63, 3.8) is 0 Å². The summed E-state index contributed by atoms with van der Waals surface area (Å²) in [5.74, 6) is 1.01. The van der Waals surface area contributed by atoms with Gasteiger partial charge in [-0.15, -0.1) is 5.10 Å². The van der Waals surface area contributed by atoms with Crippen LogP contribution >= 0.6 is 0 Å². The van der Waals surface area contributed by atoms with Gasteiger partial charge in [0.15, 0.2) is 5.82 Å². The summed E-state index contributed by atoms with van der Waals surface area (Å²) in [4.78, 5) is 4.97. The summed E-state index contributed by atoms with van der Waals surface area (Å²) in [6.45, 7) is 7.65. The van der Waals surface area contributed by atoms with Gasteiger partial charge in [-0.2, -0.15) is 5.10 Å². The number of benzene rings is 1. The molecule has 29 heavy (non-hydrogen) atoms. The zero-order chi connectivity index (χ0) is 19.8. The maximum absolute atomic E-state index is 10.7. The fourth-order valence-electron chi connectivity index (χ4n) is 5.74. The molecule has 3 aliphatic rings. The maximum Gasteiger partial charge on any atom is 0.159 e. The Morgan fingerprint density at radius 3 is 2.55 bits per heavy atom. The number of hydrogen-bond donors (Lipinski definition) is 1. The van der Waals surface area contributed by atoms with Crippen LogP contribution in [0.5, 0.6) is 0 Å². The normalized spacial score (nSPS) is 26.3. The van der Waals surface area contributed by atoms with E-state index < -0.39 is 0 Å². The number of aryl methyl sites for hydroxylation is 1. The van der Waals surface area contributed by atoms with Crippen LogP contribution in [0.15, 0.2) is 24.3 Å². The molecule has 0 bridgehead atoms. The lowest BCUT2D eigenvalue weighted by Crippen LogP contribution is -2.57. The Morgan fingerprint density at radius 1 is 1.07 bits per heavy atom. The van der Waals surface area contributed by atoms with Gasteiger partial charge in [-0.25, -0.2) is 0 Å². The highest BCUT2D eigenvalue weighted by atomic mass is 16.5. The summed E-state index contributed by atoms with van der Waals surface area (Å²) < 4.78 is 5.55. The summed E-state index contributed by atoms with van der Waals surface area (Å²) in [7, 11) is 0. The first kappa shape index (κ1) is 19.2. The van der Waals surface area contributed by atoms with E-state index in [1.54, 1.807) is 0 Å². The largest absolute Gasteiger partial charge is 0.392 e. The van der Waals surface area contributed by atoms with Gasteiger partial charge in [0, 0.05) is 56.2 Å². The molecule has 5 rings (SSSR count). The molecular formula is C23H32N4O2. The van der Waals surface area contributed by atoms with Crippen molar-refractivity contribution in [2.75, 3.05) is 44.3 Å². The molecule has 3 saturated heterocycles. The number of nitrogens with zero attached hydrogens (tertiary/aromatic N) is 4. The molecule has 0 aliphatic carbocycles. The van der Waals surface area contributed by atoms with E-state index in [0.717, 1.165) is 83.0 Å². The second-order valence-corrected chi connectivity index (χ2v) is 9.27. The van der Waals surface area contributed by atoms with Gasteiger partial charge in [-0.05, 0) is 44.4 Å². The van der Waals surface area contributed by atoms with Crippen LogP contribution in [0.4, 0.5) is 5.82 Å². The van der Waals surface area contributed by atoms with Crippen molar-refractivity contribution in [3.05, 3.63) is 30.0 Å². The number of β-amino-alcohol motifs (C(OH)–C–C–N with tert-alkyl or cyclic N) is 1. The van der Waals surface area contributed by atoms with Crippen molar-refractivity contribution in [2.24, 2.45) is 5.41 Å². The summed E-state index contributed by atoms with van der Waals surface area (Å²) in [6.07, 6.45) is 5.13. The van der Waals surface area contributed by atoms with Crippen molar-refractivity contribution in [3.8, 4) is 0 Å². The van der Waals surface area contributed by atoms with E-state index in [1.165, 1.54) is 10.8 Å². The predicted octanol–water partition coefficient (Wildman–Crippen LogP) is 2.77. The standard InChI is InChI=1S/C23H32N4O2/c1-17-20-4-2-3-5-21(20)22(25-24-17)26-10-8-23(9-11-26)14-19(28)15-27(16-23)18-6-12-29-13-7-18/h2-5,18-19,28H,6-16H2,1H3. The third-order valence-corrected chi connectivity index (χ3v) is 7.34. The van der Waals surface area contributed by atoms with E-state index in [2.05, 4.69) is 44.3 Å². The molecule has 0 amide bonds. The van der Waals surface area contributed by atoms with E-state index >= 15 is 0 Å². The molecule has 1 aromatic heterocycles. The minimum atomic E-state index is -0.210. The molecule has 4 heterocycles. The second-order valence-electron chi connectivity index (χ2n) is 9.27. The lowest BCUT2D eigenvalue weighted by atomic mass is 9.71. The molecule has 1 atom stereocenters. The maximum atomic E-state index is 10.7. The van der Waals surface area contributed by atoms with Crippen LogP contribution in [0.1, 0.15) is 37.8 Å². The van der Waals surface area contributed by atoms with Gasteiger partial charge in [0.05, 0.1) is 11.8 Å². The quantitative estimate of drug-likeness (QED) is 0.842. The van der Waals surface area contributed by atoms with Crippen molar-refractivity contribution < 1.29 is 9.84 Å². The van der Waals surface area contributed by atoms with E-state index in [9.17, 15) is 5.11 Å². The third kappa shape index (κ3) is 3.74. The Labute approximate surface area is 172 Å². The van der Waals surface area contributed by atoms with E-state index in [-0.39, 0.29) is 11.5 Å². The van der Waals surface area contributed by atoms with E-state index in [1.807, 2.05) is 6.92 Å². The number of ether oxygens (including phenoxy) is 1. The van der Waals surface area contributed by atoms with Crippen LogP contribution in [0.25, 0.3) is 10.8 Å². The molecule has 1 N–H and O–H groups in total. The van der Waals surface area contributed by atoms with Crippen LogP contribution in [0, 0.1) is 12.3 Å². The van der Waals surface area contributed by atoms with Crippen LogP contribution in [0.2, 0.25) is 0 Å². The van der Waals surface area contributed by atoms with Crippen LogP contribution in [0.3, 0.4) is 0 Å². The average Bonchev–Trinajstić information content (AvgIpc) is 2.75. The molecule has 0 saturated carbocycles. The first-order valence-electron chi connectivity index (χ1n) is 11.1. The van der Waals surface area contributed by atoms with Gasteiger partial charge < -0.3 is 14.7 Å². The highest BCUT2D eigenvalue weighted by Crippen LogP contribution is 2.42. The number of aromatic nitrogens is 2. The summed E-state index contributed by atoms with van der Waals surface area (Å²) >= 11 is 0. The Hall–Kier alpha value is -1.76. The summed E-state index contributed by atoms with van der Waals surface area (Å²) in [5.41, 5.74) is 1.21. The number of aliphatic hydroxyl groups is 1. The molecular weight excluding hydrogens is 364 g/mol. The highest BCUT2D eigenvalue weighted by molar-refractivity contribution is 5.93. The van der Waals surface area contributed by atoms with Gasteiger partial charge in [0.25, 0.3) is 0 Å². The van der Waals surface area contributed by atoms with Crippen molar-refractivity contribution >= 4 is 16.6 Å². The fourth-order valence-corrected chi connectivity index (χ4v) is 5.74. The number of hydrogen-bond acceptors (Lipinski definition) is 6. The number of fused-ring (bicyclic) bond motifs is 1. The average molecular weight is 397 g/mol. The number of likely N-dealkylation sites (tertiary alicyclic amines) is 1. The fraction of sp³-hybridized carbons (Fsp3) is 0.652. The zero-order valence-electron chi connectivity index (χ0n) is 17.4. The second kappa shape index (κ2) is 7.82. The van der Waals surface area contributed by atoms with Gasteiger partial charge >= 0.3 is 0 Å².